The van der Waals surface area contributed by atoms with Gasteiger partial charge in [-0.25, -0.2) is 0 Å². The number of aromatic amines is 1. The van der Waals surface area contributed by atoms with E-state index in [1.54, 1.807) is 0 Å². The van der Waals surface area contributed by atoms with Crippen LogP contribution < -0.4 is 5.32 Å². The fourth-order valence-corrected chi connectivity index (χ4v) is 2.52. The molecular formula is C14H21F3N4O. The standard InChI is InChI=1S/C14H21F3N4O/c1-13(2,3)18-11(22)5-7-21-6-4-10-9(8-21)12(20-19-10)14(15,16)17/h4-8H2,1-3H3,(H,18,22)(H,19,20). The summed E-state index contributed by atoms with van der Waals surface area (Å²) in [5.41, 5.74) is -0.399. The van der Waals surface area contributed by atoms with Crippen LogP contribution in [-0.4, -0.2) is 39.6 Å². The maximum absolute atomic E-state index is 12.9. The van der Waals surface area contributed by atoms with Crippen LogP contribution in [0.25, 0.3) is 0 Å². The largest absolute Gasteiger partial charge is 0.435 e. The lowest BCUT2D eigenvalue weighted by molar-refractivity contribution is -0.142. The van der Waals surface area contributed by atoms with E-state index < -0.39 is 11.9 Å². The van der Waals surface area contributed by atoms with Crippen molar-refractivity contribution in [3.8, 4) is 0 Å². The Balaban J connectivity index is 1.95. The average molecular weight is 318 g/mol. The molecule has 0 atom stereocenters. The van der Waals surface area contributed by atoms with Crippen molar-refractivity contribution in [3.05, 3.63) is 17.0 Å². The number of H-pyrrole nitrogens is 1. The summed E-state index contributed by atoms with van der Waals surface area (Å²) in [6, 6.07) is 0. The zero-order valence-electron chi connectivity index (χ0n) is 13.0. The van der Waals surface area contributed by atoms with Gasteiger partial charge >= 0.3 is 6.18 Å². The maximum Gasteiger partial charge on any atom is 0.435 e. The van der Waals surface area contributed by atoms with Crippen molar-refractivity contribution >= 4 is 5.91 Å². The van der Waals surface area contributed by atoms with Crippen molar-refractivity contribution in [2.45, 2.75) is 51.9 Å². The molecule has 1 aliphatic rings. The van der Waals surface area contributed by atoms with E-state index in [9.17, 15) is 18.0 Å². The van der Waals surface area contributed by atoms with E-state index in [2.05, 4.69) is 15.5 Å². The van der Waals surface area contributed by atoms with E-state index in [0.717, 1.165) is 0 Å². The molecule has 0 aromatic carbocycles. The molecule has 0 unspecified atom stereocenters. The summed E-state index contributed by atoms with van der Waals surface area (Å²) in [4.78, 5) is 13.6. The number of halogens is 3. The topological polar surface area (TPSA) is 61.0 Å². The van der Waals surface area contributed by atoms with E-state index in [4.69, 9.17) is 0 Å². The molecule has 2 heterocycles. The van der Waals surface area contributed by atoms with Gasteiger partial charge in [0.1, 0.15) is 0 Å². The number of rotatable bonds is 3. The molecule has 0 saturated heterocycles. The van der Waals surface area contributed by atoms with Crippen molar-refractivity contribution < 1.29 is 18.0 Å². The number of carbonyl (C=O) groups excluding carboxylic acids is 1. The predicted molar refractivity (Wildman–Crippen MR) is 75.1 cm³/mol. The first-order valence-electron chi connectivity index (χ1n) is 7.23. The number of aromatic nitrogens is 2. The van der Waals surface area contributed by atoms with Gasteiger partial charge in [-0.1, -0.05) is 0 Å². The van der Waals surface area contributed by atoms with Gasteiger partial charge in [0.05, 0.1) is 0 Å². The average Bonchev–Trinajstić information content (AvgIpc) is 2.76. The Morgan fingerprint density at radius 2 is 2.05 bits per heavy atom. The molecule has 8 heteroatoms. The highest BCUT2D eigenvalue weighted by atomic mass is 19.4. The maximum atomic E-state index is 12.9. The van der Waals surface area contributed by atoms with E-state index in [0.29, 0.717) is 25.2 Å². The number of fused-ring (bicyclic) bond motifs is 1. The molecule has 0 bridgehead atoms. The second-order valence-electron chi connectivity index (χ2n) is 6.60. The Hall–Kier alpha value is -1.57. The predicted octanol–water partition coefficient (Wildman–Crippen LogP) is 2.09. The summed E-state index contributed by atoms with van der Waals surface area (Å²) >= 11 is 0. The minimum Gasteiger partial charge on any atom is -0.351 e. The minimum absolute atomic E-state index is 0.0958. The zero-order chi connectivity index (χ0) is 16.5. The first-order valence-corrected chi connectivity index (χ1v) is 7.23. The Labute approximate surface area is 127 Å². The van der Waals surface area contributed by atoms with E-state index in [1.807, 2.05) is 25.7 Å². The van der Waals surface area contributed by atoms with Gasteiger partial charge in [-0.15, -0.1) is 0 Å². The van der Waals surface area contributed by atoms with Gasteiger partial charge in [0, 0.05) is 49.3 Å². The van der Waals surface area contributed by atoms with Crippen LogP contribution in [0.5, 0.6) is 0 Å². The summed E-state index contributed by atoms with van der Waals surface area (Å²) in [7, 11) is 0. The van der Waals surface area contributed by atoms with Gasteiger partial charge in [0.25, 0.3) is 0 Å². The van der Waals surface area contributed by atoms with E-state index >= 15 is 0 Å². The molecular weight excluding hydrogens is 297 g/mol. The smallest absolute Gasteiger partial charge is 0.351 e. The lowest BCUT2D eigenvalue weighted by Gasteiger charge is -2.27. The Morgan fingerprint density at radius 3 is 2.64 bits per heavy atom. The summed E-state index contributed by atoms with van der Waals surface area (Å²) in [6.45, 7) is 6.89. The third kappa shape index (κ3) is 4.22. The monoisotopic (exact) mass is 318 g/mol. The van der Waals surface area contributed by atoms with E-state index in [1.165, 1.54) is 0 Å². The number of nitrogens with one attached hydrogen (secondary N) is 2. The van der Waals surface area contributed by atoms with Crippen molar-refractivity contribution in [2.75, 3.05) is 13.1 Å². The van der Waals surface area contributed by atoms with Crippen molar-refractivity contribution in [1.82, 2.24) is 20.4 Å². The fraction of sp³-hybridized carbons (Fsp3) is 0.714. The van der Waals surface area contributed by atoms with Crippen LogP contribution in [0.15, 0.2) is 0 Å². The number of hydrogen-bond acceptors (Lipinski definition) is 3. The fourth-order valence-electron chi connectivity index (χ4n) is 2.52. The molecule has 0 radical (unpaired) electrons. The van der Waals surface area contributed by atoms with Gasteiger partial charge < -0.3 is 5.32 Å². The van der Waals surface area contributed by atoms with Crippen LogP contribution in [0.1, 0.15) is 44.1 Å². The summed E-state index contributed by atoms with van der Waals surface area (Å²) in [5.74, 6) is -0.0958. The summed E-state index contributed by atoms with van der Waals surface area (Å²) in [5, 5.41) is 8.71. The Kier molecular flexibility index (Phi) is 4.51. The second-order valence-corrected chi connectivity index (χ2v) is 6.60. The molecule has 1 aliphatic heterocycles. The Bertz CT molecular complexity index is 545. The molecule has 0 aliphatic carbocycles. The van der Waals surface area contributed by atoms with Crippen LogP contribution in [0.4, 0.5) is 13.2 Å². The molecule has 1 amide bonds. The second kappa shape index (κ2) is 5.91. The van der Waals surface area contributed by atoms with Gasteiger partial charge in [0.2, 0.25) is 5.91 Å². The highest BCUT2D eigenvalue weighted by molar-refractivity contribution is 5.76. The molecule has 124 valence electrons. The van der Waals surface area contributed by atoms with Crippen molar-refractivity contribution in [2.24, 2.45) is 0 Å². The van der Waals surface area contributed by atoms with Gasteiger partial charge in [-0.3, -0.25) is 14.8 Å². The van der Waals surface area contributed by atoms with Crippen LogP contribution in [-0.2, 0) is 23.9 Å². The molecule has 22 heavy (non-hydrogen) atoms. The lowest BCUT2D eigenvalue weighted by Crippen LogP contribution is -2.42. The Morgan fingerprint density at radius 1 is 1.36 bits per heavy atom. The number of alkyl halides is 3. The number of carbonyl (C=O) groups is 1. The molecule has 1 aromatic rings. The van der Waals surface area contributed by atoms with Crippen LogP contribution >= 0.6 is 0 Å². The van der Waals surface area contributed by atoms with Gasteiger partial charge in [0.15, 0.2) is 5.69 Å². The minimum atomic E-state index is -4.45. The lowest BCUT2D eigenvalue weighted by atomic mass is 10.0. The van der Waals surface area contributed by atoms with Crippen LogP contribution in [0.3, 0.4) is 0 Å². The van der Waals surface area contributed by atoms with Gasteiger partial charge in [-0.05, 0) is 20.8 Å². The van der Waals surface area contributed by atoms with Crippen molar-refractivity contribution in [1.29, 1.82) is 0 Å². The zero-order valence-corrected chi connectivity index (χ0v) is 13.0. The molecule has 0 saturated carbocycles. The highest BCUT2D eigenvalue weighted by Crippen LogP contribution is 2.33. The summed E-state index contributed by atoms with van der Waals surface area (Å²) in [6.07, 6.45) is -3.69. The first-order chi connectivity index (χ1) is 10.1. The quantitative estimate of drug-likeness (QED) is 0.897. The molecule has 2 N–H and O–H groups in total. The third-order valence-corrected chi connectivity index (χ3v) is 3.45. The van der Waals surface area contributed by atoms with Crippen LogP contribution in [0.2, 0.25) is 0 Å². The molecule has 0 fully saturated rings. The summed E-state index contributed by atoms with van der Waals surface area (Å²) < 4.78 is 38.6. The highest BCUT2D eigenvalue weighted by Gasteiger charge is 2.39. The third-order valence-electron chi connectivity index (χ3n) is 3.45. The normalized spacial score (nSPS) is 16.5. The van der Waals surface area contributed by atoms with Crippen molar-refractivity contribution in [3.63, 3.8) is 0 Å². The number of hydrogen-bond donors (Lipinski definition) is 2. The molecule has 2 rings (SSSR count). The number of amides is 1. The molecule has 1 aromatic heterocycles. The molecule has 0 spiro atoms. The first kappa shape index (κ1) is 16.8. The molecule has 5 nitrogen and oxygen atoms in total. The van der Waals surface area contributed by atoms with Crippen LogP contribution in [0, 0.1) is 0 Å². The number of nitrogens with zero attached hydrogens (tertiary/aromatic N) is 2. The van der Waals surface area contributed by atoms with Gasteiger partial charge in [-0.2, -0.15) is 18.3 Å². The SMILES string of the molecule is CC(C)(C)NC(=O)CCN1CCc2[nH]nc(C(F)(F)F)c2C1. The van der Waals surface area contributed by atoms with E-state index in [-0.39, 0.29) is 30.0 Å².